The first-order valence-electron chi connectivity index (χ1n) is 5.81. The summed E-state index contributed by atoms with van der Waals surface area (Å²) in [5.74, 6) is 0.945. The molecule has 0 aliphatic carbocycles. The molecule has 2 heterocycles. The summed E-state index contributed by atoms with van der Waals surface area (Å²) >= 11 is 0. The maximum absolute atomic E-state index is 11.9. The van der Waals surface area contributed by atoms with E-state index >= 15 is 0 Å². The number of hydrogen-bond donors (Lipinski definition) is 2. The van der Waals surface area contributed by atoms with Crippen LogP contribution in [0.2, 0.25) is 0 Å². The van der Waals surface area contributed by atoms with Gasteiger partial charge in [0.05, 0.1) is 0 Å². The molecule has 2 rings (SSSR count). The zero-order valence-corrected chi connectivity index (χ0v) is 9.45. The second kappa shape index (κ2) is 4.49. The van der Waals surface area contributed by atoms with Gasteiger partial charge in [0.25, 0.3) is 0 Å². The Kier molecular flexibility index (Phi) is 3.26. The van der Waals surface area contributed by atoms with Crippen molar-refractivity contribution in [3.8, 4) is 0 Å². The van der Waals surface area contributed by atoms with Gasteiger partial charge in [0, 0.05) is 19.2 Å². The Morgan fingerprint density at radius 2 is 2.13 bits per heavy atom. The summed E-state index contributed by atoms with van der Waals surface area (Å²) in [6, 6.07) is 0.272. The molecule has 0 saturated carbocycles. The molecule has 4 atom stereocenters. The first-order valence-corrected chi connectivity index (χ1v) is 5.81. The molecule has 1 amide bonds. The first-order chi connectivity index (χ1) is 7.18. The molecule has 2 N–H and O–H groups in total. The molecule has 0 aromatic carbocycles. The van der Waals surface area contributed by atoms with Crippen LogP contribution in [0.5, 0.6) is 0 Å². The van der Waals surface area contributed by atoms with Crippen molar-refractivity contribution >= 4 is 5.91 Å². The van der Waals surface area contributed by atoms with Crippen LogP contribution in [0, 0.1) is 11.8 Å². The van der Waals surface area contributed by atoms with Crippen LogP contribution >= 0.6 is 0 Å². The van der Waals surface area contributed by atoms with E-state index in [1.807, 2.05) is 0 Å². The monoisotopic (exact) mass is 212 g/mol. The fourth-order valence-electron chi connectivity index (χ4n) is 2.30. The van der Waals surface area contributed by atoms with Crippen LogP contribution in [0.3, 0.4) is 0 Å². The number of carbonyl (C=O) groups excluding carboxylic acids is 1. The standard InChI is InChI=1S/C11H20N2O2/c1-7-3-4-15-10(7)11(14)13-9-6-12-5-8(9)2/h7-10,12H,3-6H2,1-2H3,(H,13,14). The lowest BCUT2D eigenvalue weighted by Crippen LogP contribution is -2.46. The van der Waals surface area contributed by atoms with Crippen LogP contribution in [0.15, 0.2) is 0 Å². The van der Waals surface area contributed by atoms with Crippen molar-refractivity contribution in [2.45, 2.75) is 32.4 Å². The van der Waals surface area contributed by atoms with Crippen LogP contribution in [0.4, 0.5) is 0 Å². The summed E-state index contributed by atoms with van der Waals surface area (Å²) < 4.78 is 5.44. The first kappa shape index (κ1) is 10.9. The minimum atomic E-state index is -0.224. The van der Waals surface area contributed by atoms with Crippen molar-refractivity contribution in [1.82, 2.24) is 10.6 Å². The minimum absolute atomic E-state index is 0.0700. The second-order valence-corrected chi connectivity index (χ2v) is 4.81. The molecule has 0 bridgehead atoms. The zero-order chi connectivity index (χ0) is 10.8. The summed E-state index contributed by atoms with van der Waals surface area (Å²) in [6.45, 7) is 6.83. The van der Waals surface area contributed by atoms with E-state index in [4.69, 9.17) is 4.74 Å². The lowest BCUT2D eigenvalue weighted by Gasteiger charge is -2.20. The quantitative estimate of drug-likeness (QED) is 0.684. The van der Waals surface area contributed by atoms with E-state index in [1.165, 1.54) is 0 Å². The van der Waals surface area contributed by atoms with Gasteiger partial charge in [-0.05, 0) is 24.8 Å². The van der Waals surface area contributed by atoms with Gasteiger partial charge in [-0.3, -0.25) is 4.79 Å². The molecule has 4 nitrogen and oxygen atoms in total. The third-order valence-electron chi connectivity index (χ3n) is 3.49. The van der Waals surface area contributed by atoms with Crippen molar-refractivity contribution in [3.05, 3.63) is 0 Å². The Morgan fingerprint density at radius 3 is 2.67 bits per heavy atom. The highest BCUT2D eigenvalue weighted by atomic mass is 16.5. The van der Waals surface area contributed by atoms with Crippen LogP contribution < -0.4 is 10.6 Å². The fraction of sp³-hybridized carbons (Fsp3) is 0.909. The summed E-state index contributed by atoms with van der Waals surface area (Å²) in [4.78, 5) is 11.9. The molecule has 15 heavy (non-hydrogen) atoms. The predicted octanol–water partition coefficient (Wildman–Crippen LogP) is 0.136. The Morgan fingerprint density at radius 1 is 1.33 bits per heavy atom. The van der Waals surface area contributed by atoms with Crippen LogP contribution in [0.25, 0.3) is 0 Å². The van der Waals surface area contributed by atoms with Crippen molar-refractivity contribution in [3.63, 3.8) is 0 Å². The Balaban J connectivity index is 1.86. The number of ether oxygens (including phenoxy) is 1. The van der Waals surface area contributed by atoms with Crippen LogP contribution in [-0.4, -0.2) is 37.7 Å². The molecule has 0 aromatic heterocycles. The topological polar surface area (TPSA) is 50.4 Å². The van der Waals surface area contributed by atoms with Crippen molar-refractivity contribution in [2.75, 3.05) is 19.7 Å². The van der Waals surface area contributed by atoms with Gasteiger partial charge in [0.2, 0.25) is 5.91 Å². The van der Waals surface area contributed by atoms with Gasteiger partial charge in [-0.2, -0.15) is 0 Å². The van der Waals surface area contributed by atoms with E-state index in [-0.39, 0.29) is 18.1 Å². The molecule has 86 valence electrons. The summed E-state index contributed by atoms with van der Waals surface area (Å²) in [5.41, 5.74) is 0. The highest BCUT2D eigenvalue weighted by molar-refractivity contribution is 5.81. The minimum Gasteiger partial charge on any atom is -0.368 e. The average Bonchev–Trinajstić information content (AvgIpc) is 2.76. The molecular weight excluding hydrogens is 192 g/mol. The number of hydrogen-bond acceptors (Lipinski definition) is 3. The number of rotatable bonds is 2. The Labute approximate surface area is 90.8 Å². The molecule has 4 heteroatoms. The molecular formula is C11H20N2O2. The lowest BCUT2D eigenvalue weighted by atomic mass is 10.0. The zero-order valence-electron chi connectivity index (χ0n) is 9.45. The van der Waals surface area contributed by atoms with Crippen molar-refractivity contribution < 1.29 is 9.53 Å². The predicted molar refractivity (Wildman–Crippen MR) is 57.5 cm³/mol. The molecule has 4 unspecified atom stereocenters. The van der Waals surface area contributed by atoms with Gasteiger partial charge >= 0.3 is 0 Å². The van der Waals surface area contributed by atoms with E-state index in [0.29, 0.717) is 11.8 Å². The summed E-state index contributed by atoms with van der Waals surface area (Å²) in [7, 11) is 0. The molecule has 2 saturated heterocycles. The fourth-order valence-corrected chi connectivity index (χ4v) is 2.30. The van der Waals surface area contributed by atoms with E-state index in [2.05, 4.69) is 24.5 Å². The smallest absolute Gasteiger partial charge is 0.249 e. The van der Waals surface area contributed by atoms with Gasteiger partial charge in [0.15, 0.2) is 0 Å². The van der Waals surface area contributed by atoms with Gasteiger partial charge in [-0.15, -0.1) is 0 Å². The SMILES string of the molecule is CC1CNCC1NC(=O)C1OCCC1C. The van der Waals surface area contributed by atoms with E-state index in [1.54, 1.807) is 0 Å². The Bertz CT molecular complexity index is 245. The Hall–Kier alpha value is -0.610. The van der Waals surface area contributed by atoms with E-state index < -0.39 is 0 Å². The normalized spacial score (nSPS) is 40.7. The number of carbonyl (C=O) groups is 1. The van der Waals surface area contributed by atoms with Gasteiger partial charge in [-0.25, -0.2) is 0 Å². The second-order valence-electron chi connectivity index (χ2n) is 4.81. The molecule has 0 spiro atoms. The summed E-state index contributed by atoms with van der Waals surface area (Å²) in [5, 5.41) is 6.35. The molecule has 0 aromatic rings. The third-order valence-corrected chi connectivity index (χ3v) is 3.49. The average molecular weight is 212 g/mol. The highest BCUT2D eigenvalue weighted by Crippen LogP contribution is 2.20. The van der Waals surface area contributed by atoms with Crippen molar-refractivity contribution in [2.24, 2.45) is 11.8 Å². The lowest BCUT2D eigenvalue weighted by molar-refractivity contribution is -0.132. The number of nitrogens with one attached hydrogen (secondary N) is 2. The van der Waals surface area contributed by atoms with E-state index in [9.17, 15) is 4.79 Å². The molecule has 2 aliphatic rings. The summed E-state index contributed by atoms with van der Waals surface area (Å²) in [6.07, 6.45) is 0.772. The van der Waals surface area contributed by atoms with Crippen LogP contribution in [-0.2, 0) is 9.53 Å². The number of amides is 1. The van der Waals surface area contributed by atoms with Gasteiger partial charge < -0.3 is 15.4 Å². The van der Waals surface area contributed by atoms with E-state index in [0.717, 1.165) is 26.1 Å². The molecule has 2 aliphatic heterocycles. The molecule has 0 radical (unpaired) electrons. The maximum atomic E-state index is 11.9. The maximum Gasteiger partial charge on any atom is 0.249 e. The largest absolute Gasteiger partial charge is 0.368 e. The van der Waals surface area contributed by atoms with Crippen LogP contribution in [0.1, 0.15) is 20.3 Å². The third kappa shape index (κ3) is 2.32. The van der Waals surface area contributed by atoms with Crippen molar-refractivity contribution in [1.29, 1.82) is 0 Å². The highest BCUT2D eigenvalue weighted by Gasteiger charge is 2.33. The van der Waals surface area contributed by atoms with Gasteiger partial charge in [-0.1, -0.05) is 13.8 Å². The van der Waals surface area contributed by atoms with Gasteiger partial charge in [0.1, 0.15) is 6.10 Å². The molecule has 2 fully saturated rings.